The first-order chi connectivity index (χ1) is 12.7. The molecule has 0 fully saturated rings. The molecule has 3 N–H and O–H groups in total. The number of carbonyl (C=O) groups is 1. The molecule has 3 aromatic rings. The summed E-state index contributed by atoms with van der Waals surface area (Å²) in [5.41, 5.74) is 9.21. The minimum atomic E-state index is -0.901. The lowest BCUT2D eigenvalue weighted by Crippen LogP contribution is -2.48. The summed E-state index contributed by atoms with van der Waals surface area (Å²) >= 11 is 0. The number of anilines is 1. The van der Waals surface area contributed by atoms with Gasteiger partial charge >= 0.3 is 0 Å². The number of nitrogens with two attached hydrogens (primary N) is 1. The third kappa shape index (κ3) is 3.71. The number of nitrogens with one attached hydrogen (secondary N) is 1. The number of aromatic nitrogens is 2. The zero-order chi connectivity index (χ0) is 19.8. The first kappa shape index (κ1) is 19.0. The largest absolute Gasteiger partial charge is 0.327 e. The predicted molar refractivity (Wildman–Crippen MR) is 107 cm³/mol. The normalized spacial score (nSPS) is 13.6. The van der Waals surface area contributed by atoms with Crippen molar-refractivity contribution >= 4 is 22.6 Å². The van der Waals surface area contributed by atoms with Gasteiger partial charge < -0.3 is 15.6 Å². The number of imidazole rings is 1. The van der Waals surface area contributed by atoms with Gasteiger partial charge in [-0.15, -0.1) is 0 Å². The molecule has 1 heterocycles. The van der Waals surface area contributed by atoms with E-state index in [4.69, 9.17) is 5.73 Å². The second-order valence-corrected chi connectivity index (χ2v) is 7.28. The van der Waals surface area contributed by atoms with Crippen LogP contribution in [-0.4, -0.2) is 21.0 Å². The smallest absolute Gasteiger partial charge is 0.244 e. The Morgan fingerprint density at radius 2 is 2.04 bits per heavy atom. The van der Waals surface area contributed by atoms with Gasteiger partial charge in [0.15, 0.2) is 0 Å². The number of hydrogen-bond acceptors (Lipinski definition) is 3. The summed E-state index contributed by atoms with van der Waals surface area (Å²) in [6, 6.07) is 10.3. The molecule has 1 aromatic heterocycles. The van der Waals surface area contributed by atoms with Crippen molar-refractivity contribution in [3.8, 4) is 11.4 Å². The molecule has 0 spiro atoms. The number of aryl methyl sites for hydroxylation is 2. The molecule has 0 bridgehead atoms. The van der Waals surface area contributed by atoms with Crippen molar-refractivity contribution < 1.29 is 9.18 Å². The van der Waals surface area contributed by atoms with Crippen LogP contribution in [0.25, 0.3) is 22.4 Å². The lowest BCUT2D eigenvalue weighted by Gasteiger charge is -2.23. The average Bonchev–Trinajstić information content (AvgIpc) is 2.92. The number of amides is 1. The number of benzene rings is 2. The Labute approximate surface area is 158 Å². The van der Waals surface area contributed by atoms with E-state index in [0.717, 1.165) is 34.6 Å². The van der Waals surface area contributed by atoms with E-state index in [1.165, 1.54) is 12.1 Å². The highest BCUT2D eigenvalue weighted by atomic mass is 19.1. The second kappa shape index (κ2) is 7.12. The van der Waals surface area contributed by atoms with Crippen LogP contribution in [-0.2, 0) is 11.8 Å². The van der Waals surface area contributed by atoms with E-state index in [0.29, 0.717) is 11.9 Å². The van der Waals surface area contributed by atoms with Crippen LogP contribution in [0.5, 0.6) is 0 Å². The summed E-state index contributed by atoms with van der Waals surface area (Å²) in [5, 5.41) is 2.92. The van der Waals surface area contributed by atoms with Crippen LogP contribution in [0.15, 0.2) is 36.4 Å². The predicted octanol–water partition coefficient (Wildman–Crippen LogP) is 4.14. The van der Waals surface area contributed by atoms with Crippen molar-refractivity contribution in [1.29, 1.82) is 0 Å². The minimum absolute atomic E-state index is 0.196. The fourth-order valence-corrected chi connectivity index (χ4v) is 3.27. The highest BCUT2D eigenvalue weighted by molar-refractivity contribution is 5.98. The van der Waals surface area contributed by atoms with Crippen molar-refractivity contribution in [2.45, 2.75) is 39.2 Å². The molecule has 0 radical (unpaired) electrons. The van der Waals surface area contributed by atoms with Crippen LogP contribution in [0.1, 0.15) is 32.3 Å². The van der Waals surface area contributed by atoms with Crippen molar-refractivity contribution in [2.24, 2.45) is 12.8 Å². The summed E-state index contributed by atoms with van der Waals surface area (Å²) in [4.78, 5) is 17.0. The molecular weight excluding hydrogens is 343 g/mol. The van der Waals surface area contributed by atoms with Gasteiger partial charge in [-0.25, -0.2) is 9.37 Å². The molecule has 0 saturated heterocycles. The maximum atomic E-state index is 13.5. The van der Waals surface area contributed by atoms with Crippen LogP contribution in [0.4, 0.5) is 10.1 Å². The molecule has 1 unspecified atom stereocenters. The van der Waals surface area contributed by atoms with Crippen molar-refractivity contribution in [2.75, 3.05) is 5.32 Å². The van der Waals surface area contributed by atoms with Gasteiger partial charge in [0.1, 0.15) is 11.6 Å². The van der Waals surface area contributed by atoms with Gasteiger partial charge in [-0.2, -0.15) is 0 Å². The Morgan fingerprint density at radius 3 is 2.70 bits per heavy atom. The summed E-state index contributed by atoms with van der Waals surface area (Å²) < 4.78 is 15.4. The van der Waals surface area contributed by atoms with E-state index >= 15 is 0 Å². The Kier molecular flexibility index (Phi) is 5.02. The van der Waals surface area contributed by atoms with Gasteiger partial charge in [-0.3, -0.25) is 4.79 Å². The standard InChI is InChI=1S/C21H25FN4O/c1-5-10-21(3,23)20(27)25-16-8-6-14(11-13(16)2)19-24-17-12-15(22)7-9-18(17)26(19)4/h6-9,11-12H,5,10,23H2,1-4H3,(H,25,27). The molecule has 3 rings (SSSR count). The van der Waals surface area contributed by atoms with Crippen molar-refractivity contribution in [1.82, 2.24) is 9.55 Å². The topological polar surface area (TPSA) is 72.9 Å². The van der Waals surface area contributed by atoms with Crippen LogP contribution >= 0.6 is 0 Å². The van der Waals surface area contributed by atoms with Gasteiger partial charge in [0.05, 0.1) is 16.6 Å². The number of halogens is 1. The molecular formula is C21H25FN4O. The Morgan fingerprint density at radius 1 is 1.30 bits per heavy atom. The van der Waals surface area contributed by atoms with Crippen LogP contribution < -0.4 is 11.1 Å². The Hall–Kier alpha value is -2.73. The van der Waals surface area contributed by atoms with E-state index in [1.807, 2.05) is 43.7 Å². The third-order valence-corrected chi connectivity index (χ3v) is 4.86. The first-order valence-electron chi connectivity index (χ1n) is 9.06. The van der Waals surface area contributed by atoms with Gasteiger partial charge in [0.25, 0.3) is 0 Å². The quantitative estimate of drug-likeness (QED) is 0.711. The summed E-state index contributed by atoms with van der Waals surface area (Å²) in [6.45, 7) is 5.67. The fourth-order valence-electron chi connectivity index (χ4n) is 3.27. The minimum Gasteiger partial charge on any atom is -0.327 e. The van der Waals surface area contributed by atoms with Crippen LogP contribution in [0, 0.1) is 12.7 Å². The molecule has 0 aliphatic heterocycles. The summed E-state index contributed by atoms with van der Waals surface area (Å²) in [6.07, 6.45) is 1.46. The average molecular weight is 368 g/mol. The molecule has 0 aliphatic carbocycles. The van der Waals surface area contributed by atoms with Gasteiger partial charge in [0.2, 0.25) is 5.91 Å². The van der Waals surface area contributed by atoms with E-state index in [2.05, 4.69) is 10.3 Å². The van der Waals surface area contributed by atoms with Gasteiger partial charge in [0, 0.05) is 24.4 Å². The maximum absolute atomic E-state index is 13.5. The molecule has 0 saturated carbocycles. The molecule has 142 valence electrons. The monoisotopic (exact) mass is 368 g/mol. The molecule has 6 heteroatoms. The zero-order valence-electron chi connectivity index (χ0n) is 16.1. The van der Waals surface area contributed by atoms with Crippen LogP contribution in [0.3, 0.4) is 0 Å². The highest BCUT2D eigenvalue weighted by Crippen LogP contribution is 2.28. The zero-order valence-corrected chi connectivity index (χ0v) is 16.1. The molecule has 1 amide bonds. The van der Waals surface area contributed by atoms with E-state index in [1.54, 1.807) is 13.0 Å². The first-order valence-corrected chi connectivity index (χ1v) is 9.06. The lowest BCUT2D eigenvalue weighted by atomic mass is 9.96. The fraction of sp³-hybridized carbons (Fsp3) is 0.333. The highest BCUT2D eigenvalue weighted by Gasteiger charge is 2.27. The third-order valence-electron chi connectivity index (χ3n) is 4.86. The number of nitrogens with zero attached hydrogens (tertiary/aromatic N) is 2. The number of hydrogen-bond donors (Lipinski definition) is 2. The maximum Gasteiger partial charge on any atom is 0.244 e. The van der Waals surface area contributed by atoms with Gasteiger partial charge in [-0.1, -0.05) is 13.3 Å². The van der Waals surface area contributed by atoms with Crippen LogP contribution in [0.2, 0.25) is 0 Å². The number of rotatable bonds is 5. The van der Waals surface area contributed by atoms with Crippen molar-refractivity contribution in [3.63, 3.8) is 0 Å². The molecule has 0 aliphatic rings. The van der Waals surface area contributed by atoms with E-state index < -0.39 is 5.54 Å². The molecule has 2 aromatic carbocycles. The van der Waals surface area contributed by atoms with E-state index in [9.17, 15) is 9.18 Å². The Bertz CT molecular complexity index is 1010. The Balaban J connectivity index is 1.91. The second-order valence-electron chi connectivity index (χ2n) is 7.28. The summed E-state index contributed by atoms with van der Waals surface area (Å²) in [7, 11) is 1.90. The van der Waals surface area contributed by atoms with Gasteiger partial charge in [-0.05, 0) is 56.2 Å². The lowest BCUT2D eigenvalue weighted by molar-refractivity contribution is -0.120. The molecule has 27 heavy (non-hydrogen) atoms. The number of fused-ring (bicyclic) bond motifs is 1. The van der Waals surface area contributed by atoms with Crippen molar-refractivity contribution in [3.05, 3.63) is 47.8 Å². The number of carbonyl (C=O) groups excluding carboxylic acids is 1. The molecule has 5 nitrogen and oxygen atoms in total. The SMILES string of the molecule is CCCC(C)(N)C(=O)Nc1ccc(-c2nc3cc(F)ccc3n2C)cc1C. The van der Waals surface area contributed by atoms with E-state index in [-0.39, 0.29) is 11.7 Å². The summed E-state index contributed by atoms with van der Waals surface area (Å²) in [5.74, 6) is 0.239. The molecule has 1 atom stereocenters.